The number of rotatable bonds is 3. The normalized spacial score (nSPS) is 15.5. The summed E-state index contributed by atoms with van der Waals surface area (Å²) >= 11 is 9.40. The first-order chi connectivity index (χ1) is 12.3. The van der Waals surface area contributed by atoms with E-state index in [0.717, 1.165) is 10.6 Å². The van der Waals surface area contributed by atoms with Crippen molar-refractivity contribution in [1.82, 2.24) is 5.43 Å². The van der Waals surface area contributed by atoms with Crippen molar-refractivity contribution < 1.29 is 19.4 Å². The van der Waals surface area contributed by atoms with E-state index in [2.05, 4.69) is 21.4 Å². The molecule has 2 N–H and O–H groups in total. The van der Waals surface area contributed by atoms with Crippen LogP contribution in [0, 0.1) is 6.92 Å². The number of anilines is 1. The van der Waals surface area contributed by atoms with Gasteiger partial charge in [-0.05, 0) is 42.8 Å². The number of ether oxygens (including phenoxy) is 1. The lowest BCUT2D eigenvalue weighted by Gasteiger charge is -2.15. The average molecular weight is 438 g/mol. The Morgan fingerprint density at radius 2 is 2.00 bits per heavy atom. The van der Waals surface area contributed by atoms with Crippen LogP contribution in [0.25, 0.3) is 6.08 Å². The molecule has 0 aliphatic carbocycles. The number of methoxy groups -OCH3 is 1. The van der Waals surface area contributed by atoms with Crippen LogP contribution in [-0.2, 0) is 9.59 Å². The van der Waals surface area contributed by atoms with Crippen molar-refractivity contribution >= 4 is 51.1 Å². The Morgan fingerprint density at radius 3 is 2.65 bits per heavy atom. The van der Waals surface area contributed by atoms with Crippen LogP contribution in [0.3, 0.4) is 0 Å². The van der Waals surface area contributed by atoms with E-state index >= 15 is 0 Å². The first-order valence-corrected chi connectivity index (χ1v) is 8.68. The summed E-state index contributed by atoms with van der Waals surface area (Å²) < 4.78 is 5.71. The molecule has 6 nitrogen and oxygen atoms in total. The van der Waals surface area contributed by atoms with E-state index in [9.17, 15) is 14.7 Å². The van der Waals surface area contributed by atoms with Crippen LogP contribution < -0.4 is 15.2 Å². The van der Waals surface area contributed by atoms with Gasteiger partial charge in [-0.2, -0.15) is 0 Å². The van der Waals surface area contributed by atoms with Crippen molar-refractivity contribution in [3.05, 3.63) is 56.5 Å². The number of nitrogens with zero attached hydrogens (tertiary/aromatic N) is 1. The Balaban J connectivity index is 2.01. The lowest BCUT2D eigenvalue weighted by molar-refractivity contribution is -0.117. The van der Waals surface area contributed by atoms with Crippen LogP contribution in [0.2, 0.25) is 5.02 Å². The van der Waals surface area contributed by atoms with Crippen LogP contribution in [-0.4, -0.2) is 24.0 Å². The number of amides is 2. The molecule has 0 bridgehead atoms. The van der Waals surface area contributed by atoms with Crippen LogP contribution in [0.1, 0.15) is 11.1 Å². The van der Waals surface area contributed by atoms with Gasteiger partial charge in [-0.3, -0.25) is 15.0 Å². The second-order valence-corrected chi connectivity index (χ2v) is 6.94. The molecule has 134 valence electrons. The summed E-state index contributed by atoms with van der Waals surface area (Å²) in [7, 11) is 1.41. The summed E-state index contributed by atoms with van der Waals surface area (Å²) in [5.41, 5.74) is 3.96. The zero-order chi connectivity index (χ0) is 19.0. The smallest absolute Gasteiger partial charge is 0.282 e. The van der Waals surface area contributed by atoms with E-state index in [-0.39, 0.29) is 22.6 Å². The Labute approximate surface area is 163 Å². The minimum absolute atomic E-state index is 0.114. The molecule has 0 atom stereocenters. The predicted molar refractivity (Wildman–Crippen MR) is 102 cm³/mol. The van der Waals surface area contributed by atoms with Gasteiger partial charge in [0.2, 0.25) is 0 Å². The van der Waals surface area contributed by atoms with Crippen molar-refractivity contribution in [2.24, 2.45) is 0 Å². The average Bonchev–Trinajstić information content (AvgIpc) is 2.88. The molecule has 0 saturated carbocycles. The van der Waals surface area contributed by atoms with Crippen LogP contribution in [0.5, 0.6) is 11.5 Å². The summed E-state index contributed by atoms with van der Waals surface area (Å²) in [6, 6.07) is 8.19. The molecule has 1 saturated heterocycles. The second-order valence-electron chi connectivity index (χ2n) is 5.62. The van der Waals surface area contributed by atoms with Crippen LogP contribution in [0.4, 0.5) is 5.69 Å². The fourth-order valence-electron chi connectivity index (χ4n) is 2.48. The third-order valence-corrected chi connectivity index (χ3v) is 4.76. The van der Waals surface area contributed by atoms with E-state index in [4.69, 9.17) is 16.3 Å². The van der Waals surface area contributed by atoms with Gasteiger partial charge in [0.1, 0.15) is 5.57 Å². The molecule has 1 aliphatic heterocycles. The highest BCUT2D eigenvalue weighted by molar-refractivity contribution is 9.10. The lowest BCUT2D eigenvalue weighted by atomic mass is 10.1. The van der Waals surface area contributed by atoms with Gasteiger partial charge >= 0.3 is 0 Å². The monoisotopic (exact) mass is 436 g/mol. The van der Waals surface area contributed by atoms with Gasteiger partial charge in [0.15, 0.2) is 11.5 Å². The summed E-state index contributed by atoms with van der Waals surface area (Å²) in [6.45, 7) is 1.84. The van der Waals surface area contributed by atoms with E-state index in [0.29, 0.717) is 15.2 Å². The van der Waals surface area contributed by atoms with Crippen molar-refractivity contribution in [2.75, 3.05) is 12.1 Å². The lowest BCUT2D eigenvalue weighted by Crippen LogP contribution is -2.35. The van der Waals surface area contributed by atoms with Gasteiger partial charge in [0.25, 0.3) is 11.8 Å². The molecule has 1 aliphatic rings. The molecule has 1 heterocycles. The third-order valence-electron chi connectivity index (χ3n) is 3.89. The molecular weight excluding hydrogens is 424 g/mol. The SMILES string of the molecule is COc1cc(Br)cc(C=C2C(=O)NN(c3ccc(C)c(Cl)c3)C2=O)c1O. The fourth-order valence-corrected chi connectivity index (χ4v) is 3.10. The Kier molecular flexibility index (Phi) is 4.93. The van der Waals surface area contributed by atoms with E-state index < -0.39 is 11.8 Å². The Bertz CT molecular complexity index is 958. The predicted octanol–water partition coefficient (Wildman–Crippen LogP) is 3.59. The number of phenols is 1. The van der Waals surface area contributed by atoms with Gasteiger partial charge in [-0.15, -0.1) is 0 Å². The summed E-state index contributed by atoms with van der Waals surface area (Å²) in [4.78, 5) is 25.0. The van der Waals surface area contributed by atoms with Crippen molar-refractivity contribution in [3.63, 3.8) is 0 Å². The molecule has 0 spiro atoms. The quantitative estimate of drug-likeness (QED) is 0.568. The van der Waals surface area contributed by atoms with E-state index in [1.165, 1.54) is 13.2 Å². The summed E-state index contributed by atoms with van der Waals surface area (Å²) in [5, 5.41) is 11.8. The maximum absolute atomic E-state index is 12.7. The van der Waals surface area contributed by atoms with Crippen LogP contribution >= 0.6 is 27.5 Å². The minimum Gasteiger partial charge on any atom is -0.504 e. The highest BCUT2D eigenvalue weighted by Crippen LogP contribution is 2.35. The molecule has 8 heteroatoms. The molecule has 0 aromatic heterocycles. The summed E-state index contributed by atoms with van der Waals surface area (Å²) in [5.74, 6) is -1.07. The van der Waals surface area contributed by atoms with Crippen LogP contribution in [0.15, 0.2) is 40.4 Å². The number of aromatic hydroxyl groups is 1. The highest BCUT2D eigenvalue weighted by atomic mass is 79.9. The van der Waals surface area contributed by atoms with E-state index in [1.54, 1.807) is 30.3 Å². The first kappa shape index (κ1) is 18.3. The van der Waals surface area contributed by atoms with Gasteiger partial charge < -0.3 is 9.84 Å². The fraction of sp³-hybridized carbons (Fsp3) is 0.111. The minimum atomic E-state index is -0.579. The topological polar surface area (TPSA) is 78.9 Å². The molecule has 26 heavy (non-hydrogen) atoms. The number of aryl methyl sites for hydroxylation is 1. The summed E-state index contributed by atoms with van der Waals surface area (Å²) in [6.07, 6.45) is 1.32. The molecular formula is C18H14BrClN2O4. The number of hydrazine groups is 1. The van der Waals surface area contributed by atoms with Crippen molar-refractivity contribution in [1.29, 1.82) is 0 Å². The number of benzene rings is 2. The molecule has 2 aromatic carbocycles. The third kappa shape index (κ3) is 3.27. The zero-order valence-electron chi connectivity index (χ0n) is 13.8. The number of nitrogens with one attached hydrogen (secondary N) is 1. The Hall–Kier alpha value is -2.51. The molecule has 1 fully saturated rings. The standard InChI is InChI=1S/C18H14BrClN2O4/c1-9-3-4-12(8-14(9)20)22-18(25)13(17(24)21-22)6-10-5-11(19)7-15(26-2)16(10)23/h3-8,23H,1-2H3,(H,21,24). The number of hydrogen-bond donors (Lipinski definition) is 2. The van der Waals surface area contributed by atoms with Crippen molar-refractivity contribution in [3.8, 4) is 11.5 Å². The largest absolute Gasteiger partial charge is 0.504 e. The highest BCUT2D eigenvalue weighted by Gasteiger charge is 2.35. The van der Waals surface area contributed by atoms with Gasteiger partial charge in [-0.25, -0.2) is 5.01 Å². The Morgan fingerprint density at radius 1 is 1.27 bits per heavy atom. The number of carbonyl (C=O) groups is 2. The molecule has 2 aromatic rings. The number of hydrogen-bond acceptors (Lipinski definition) is 4. The second kappa shape index (κ2) is 7.01. The molecule has 0 unspecified atom stereocenters. The molecule has 0 radical (unpaired) electrons. The van der Waals surface area contributed by atoms with E-state index in [1.807, 2.05) is 6.92 Å². The van der Waals surface area contributed by atoms with Gasteiger partial charge in [-0.1, -0.05) is 33.6 Å². The van der Waals surface area contributed by atoms with Gasteiger partial charge in [0.05, 0.1) is 12.8 Å². The molecule has 2 amide bonds. The zero-order valence-corrected chi connectivity index (χ0v) is 16.2. The number of phenolic OH excluding ortho intramolecular Hbond substituents is 1. The number of halogens is 2. The maximum atomic E-state index is 12.7. The number of carbonyl (C=O) groups excluding carboxylic acids is 2. The maximum Gasteiger partial charge on any atom is 0.282 e. The molecule has 3 rings (SSSR count). The van der Waals surface area contributed by atoms with Crippen molar-refractivity contribution in [2.45, 2.75) is 6.92 Å². The van der Waals surface area contributed by atoms with Gasteiger partial charge in [0, 0.05) is 15.1 Å². The first-order valence-electron chi connectivity index (χ1n) is 7.51.